The summed E-state index contributed by atoms with van der Waals surface area (Å²) in [5.74, 6) is -4.27. The summed E-state index contributed by atoms with van der Waals surface area (Å²) in [6, 6.07) is 5.29. The lowest BCUT2D eigenvalue weighted by atomic mass is 10.2. The number of imidazole rings is 1. The van der Waals surface area contributed by atoms with Crippen LogP contribution in [-0.4, -0.2) is 57.3 Å². The van der Waals surface area contributed by atoms with Gasteiger partial charge in [0.05, 0.1) is 11.3 Å². The molecule has 0 fully saturated rings. The average molecular weight is 589 g/mol. The molecule has 0 aliphatic rings. The summed E-state index contributed by atoms with van der Waals surface area (Å²) in [6.07, 6.45) is -3.93. The zero-order valence-electron chi connectivity index (χ0n) is 22.8. The number of hydrogen-bond donors (Lipinski definition) is 3. The minimum absolute atomic E-state index is 0.173. The third-order valence-corrected chi connectivity index (χ3v) is 4.97. The second kappa shape index (κ2) is 13.3. The van der Waals surface area contributed by atoms with Crippen molar-refractivity contribution >= 4 is 23.6 Å². The molecular formula is C26H29F5N4O6. The van der Waals surface area contributed by atoms with Crippen molar-refractivity contribution in [2.75, 3.05) is 13.1 Å². The number of hydrogen-bond acceptors (Lipinski definition) is 6. The molecule has 0 saturated carbocycles. The van der Waals surface area contributed by atoms with E-state index in [1.807, 2.05) is 0 Å². The van der Waals surface area contributed by atoms with Crippen LogP contribution >= 0.6 is 0 Å². The van der Waals surface area contributed by atoms with Crippen molar-refractivity contribution in [1.29, 1.82) is 0 Å². The number of ether oxygens (including phenoxy) is 2. The SMILES string of the molecule is Cc1cc(OCc2c(F)cccc2F)c2nc(C)c(C(=O)NCCNC(=O)OC(C)(C)C)n2c1.O=C(O)C(F)(F)F. The Kier molecular flexibility index (Phi) is 10.6. The molecule has 0 atom stereocenters. The molecule has 2 amide bonds. The van der Waals surface area contributed by atoms with Crippen LogP contribution in [0.2, 0.25) is 0 Å². The zero-order valence-corrected chi connectivity index (χ0v) is 22.8. The number of fused-ring (bicyclic) bond motifs is 1. The summed E-state index contributed by atoms with van der Waals surface area (Å²) in [7, 11) is 0. The first kappa shape index (κ1) is 32.8. The topological polar surface area (TPSA) is 131 Å². The maximum Gasteiger partial charge on any atom is 0.490 e. The lowest BCUT2D eigenvalue weighted by Gasteiger charge is -2.19. The normalized spacial score (nSPS) is 11.4. The standard InChI is InChI=1S/C24H28F2N4O4.C2HF3O2/c1-14-11-19(33-13-16-17(25)7-6-8-18(16)26)21-29-15(2)20(30(21)12-14)22(31)27-9-10-28-23(32)34-24(3,4)5;3-2(4,5)1(6)7/h6-8,11-12H,9-10,13H2,1-5H3,(H,27,31)(H,28,32);(H,6,7). The molecule has 0 bridgehead atoms. The summed E-state index contributed by atoms with van der Waals surface area (Å²) in [5.41, 5.74) is 1.03. The predicted octanol–water partition coefficient (Wildman–Crippen LogP) is 4.70. The molecule has 0 radical (unpaired) electrons. The Balaban J connectivity index is 0.000000745. The molecule has 0 spiro atoms. The van der Waals surface area contributed by atoms with E-state index in [1.165, 1.54) is 6.07 Å². The zero-order chi connectivity index (χ0) is 31.1. The highest BCUT2D eigenvalue weighted by molar-refractivity contribution is 5.95. The molecule has 3 N–H and O–H groups in total. The van der Waals surface area contributed by atoms with Crippen molar-refractivity contribution in [1.82, 2.24) is 20.0 Å². The van der Waals surface area contributed by atoms with E-state index in [4.69, 9.17) is 19.4 Å². The average Bonchev–Trinajstić information content (AvgIpc) is 3.15. The van der Waals surface area contributed by atoms with Crippen molar-refractivity contribution in [2.24, 2.45) is 0 Å². The van der Waals surface area contributed by atoms with Crippen molar-refractivity contribution in [3.05, 3.63) is 64.6 Å². The number of halogens is 5. The second-order valence-electron chi connectivity index (χ2n) is 9.60. The van der Waals surface area contributed by atoms with Crippen LogP contribution in [0.15, 0.2) is 30.5 Å². The van der Waals surface area contributed by atoms with Crippen molar-refractivity contribution < 1.29 is 50.9 Å². The van der Waals surface area contributed by atoms with Crippen LogP contribution in [-0.2, 0) is 16.1 Å². The fraction of sp³-hybridized carbons (Fsp3) is 0.385. The van der Waals surface area contributed by atoms with E-state index in [9.17, 15) is 31.5 Å². The summed E-state index contributed by atoms with van der Waals surface area (Å²) in [6.45, 7) is 8.78. The lowest BCUT2D eigenvalue weighted by molar-refractivity contribution is -0.192. The van der Waals surface area contributed by atoms with E-state index in [2.05, 4.69) is 15.6 Å². The fourth-order valence-corrected chi connectivity index (χ4v) is 3.30. The minimum atomic E-state index is -5.08. The number of rotatable bonds is 7. The summed E-state index contributed by atoms with van der Waals surface area (Å²) < 4.78 is 72.1. The van der Waals surface area contributed by atoms with E-state index in [1.54, 1.807) is 51.3 Å². The number of amides is 2. The molecular weight excluding hydrogens is 559 g/mol. The van der Waals surface area contributed by atoms with Crippen LogP contribution in [0.3, 0.4) is 0 Å². The van der Waals surface area contributed by atoms with Crippen LogP contribution < -0.4 is 15.4 Å². The van der Waals surface area contributed by atoms with Gasteiger partial charge in [0, 0.05) is 19.3 Å². The minimum Gasteiger partial charge on any atom is -0.485 e. The lowest BCUT2D eigenvalue weighted by Crippen LogP contribution is -2.38. The molecule has 0 saturated heterocycles. The van der Waals surface area contributed by atoms with Gasteiger partial charge in [-0.05, 0) is 58.4 Å². The van der Waals surface area contributed by atoms with Crippen molar-refractivity contribution in [2.45, 2.75) is 53.0 Å². The number of nitrogens with one attached hydrogen (secondary N) is 2. The molecule has 224 valence electrons. The Hall–Kier alpha value is -4.43. The Labute approximate surface area is 231 Å². The highest BCUT2D eigenvalue weighted by Crippen LogP contribution is 2.26. The number of alkyl halides is 3. The van der Waals surface area contributed by atoms with Crippen LogP contribution in [0.1, 0.15) is 48.1 Å². The van der Waals surface area contributed by atoms with Gasteiger partial charge in [-0.1, -0.05) is 6.07 Å². The summed E-state index contributed by atoms with van der Waals surface area (Å²) in [5, 5.41) is 12.4. The molecule has 0 aliphatic heterocycles. The third kappa shape index (κ3) is 9.61. The van der Waals surface area contributed by atoms with Crippen molar-refractivity contribution in [3.63, 3.8) is 0 Å². The highest BCUT2D eigenvalue weighted by atomic mass is 19.4. The van der Waals surface area contributed by atoms with E-state index >= 15 is 0 Å². The number of carboxylic acid groups (broad SMARTS) is 1. The van der Waals surface area contributed by atoms with Gasteiger partial charge >= 0.3 is 18.2 Å². The van der Waals surface area contributed by atoms with E-state index in [0.29, 0.717) is 11.3 Å². The first-order chi connectivity index (χ1) is 18.9. The molecule has 2 heterocycles. The third-order valence-electron chi connectivity index (χ3n) is 4.97. The smallest absolute Gasteiger partial charge is 0.485 e. The Morgan fingerprint density at radius 3 is 2.12 bits per heavy atom. The number of carbonyl (C=O) groups excluding carboxylic acids is 2. The molecule has 3 aromatic rings. The molecule has 3 rings (SSSR count). The van der Waals surface area contributed by atoms with Gasteiger partial charge in [0.25, 0.3) is 5.91 Å². The largest absolute Gasteiger partial charge is 0.490 e. The number of carbonyl (C=O) groups is 3. The number of alkyl carbamates (subject to hydrolysis) is 1. The van der Waals surface area contributed by atoms with Crippen LogP contribution in [0, 0.1) is 25.5 Å². The molecule has 1 aromatic carbocycles. The van der Waals surface area contributed by atoms with Crippen LogP contribution in [0.25, 0.3) is 5.65 Å². The van der Waals surface area contributed by atoms with Gasteiger partial charge in [-0.25, -0.2) is 23.4 Å². The maximum atomic E-state index is 14.0. The number of benzene rings is 1. The Morgan fingerprint density at radius 2 is 1.59 bits per heavy atom. The second-order valence-corrected chi connectivity index (χ2v) is 9.60. The van der Waals surface area contributed by atoms with E-state index in [-0.39, 0.29) is 36.7 Å². The molecule has 15 heteroatoms. The van der Waals surface area contributed by atoms with E-state index < -0.39 is 41.4 Å². The fourth-order valence-electron chi connectivity index (χ4n) is 3.30. The molecule has 41 heavy (non-hydrogen) atoms. The Bertz CT molecular complexity index is 1400. The van der Waals surface area contributed by atoms with Gasteiger partial charge in [0.2, 0.25) is 0 Å². The quantitative estimate of drug-likeness (QED) is 0.270. The monoisotopic (exact) mass is 588 g/mol. The number of pyridine rings is 1. The van der Waals surface area contributed by atoms with Gasteiger partial charge in [-0.15, -0.1) is 0 Å². The molecule has 2 aromatic heterocycles. The van der Waals surface area contributed by atoms with Gasteiger partial charge in [-0.2, -0.15) is 13.2 Å². The van der Waals surface area contributed by atoms with Crippen LogP contribution in [0.4, 0.5) is 26.7 Å². The summed E-state index contributed by atoms with van der Waals surface area (Å²) in [4.78, 5) is 37.9. The van der Waals surface area contributed by atoms with E-state index in [0.717, 1.165) is 17.7 Å². The summed E-state index contributed by atoms with van der Waals surface area (Å²) >= 11 is 0. The highest BCUT2D eigenvalue weighted by Gasteiger charge is 2.38. The number of aliphatic carboxylic acids is 1. The molecule has 10 nitrogen and oxygen atoms in total. The van der Waals surface area contributed by atoms with Crippen molar-refractivity contribution in [3.8, 4) is 5.75 Å². The van der Waals surface area contributed by atoms with Gasteiger partial charge in [0.15, 0.2) is 11.4 Å². The Morgan fingerprint density at radius 1 is 1.02 bits per heavy atom. The molecule has 0 aliphatic carbocycles. The van der Waals surface area contributed by atoms with Gasteiger partial charge in [0.1, 0.15) is 29.5 Å². The number of aryl methyl sites for hydroxylation is 2. The molecule has 0 unspecified atom stereocenters. The first-order valence-corrected chi connectivity index (χ1v) is 12.0. The first-order valence-electron chi connectivity index (χ1n) is 12.0. The number of aromatic nitrogens is 2. The number of carboxylic acids is 1. The maximum absolute atomic E-state index is 14.0. The predicted molar refractivity (Wildman–Crippen MR) is 136 cm³/mol. The van der Waals surface area contributed by atoms with Crippen LogP contribution in [0.5, 0.6) is 5.75 Å². The van der Waals surface area contributed by atoms with Gasteiger partial charge < -0.3 is 25.2 Å². The number of nitrogens with zero attached hydrogens (tertiary/aromatic N) is 2. The van der Waals surface area contributed by atoms with Gasteiger partial charge in [-0.3, -0.25) is 9.20 Å².